The second-order valence-corrected chi connectivity index (χ2v) is 4.56. The Balaban J connectivity index is 2.44. The fraction of sp³-hybridized carbons (Fsp3) is 0.231. The maximum Gasteiger partial charge on any atom is 0.128 e. The lowest BCUT2D eigenvalue weighted by atomic mass is 10.1. The van der Waals surface area contributed by atoms with Crippen molar-refractivity contribution >= 4 is 15.9 Å². The molecule has 0 bridgehead atoms. The number of nitrogens with zero attached hydrogens (tertiary/aromatic N) is 2. The van der Waals surface area contributed by atoms with Gasteiger partial charge in [-0.2, -0.15) is 0 Å². The highest BCUT2D eigenvalue weighted by atomic mass is 79.9. The normalized spacial score (nSPS) is 10.4. The van der Waals surface area contributed by atoms with Gasteiger partial charge in [0.05, 0.1) is 0 Å². The minimum absolute atomic E-state index is 0.876. The molecule has 0 amide bonds. The van der Waals surface area contributed by atoms with Crippen molar-refractivity contribution in [3.63, 3.8) is 0 Å². The SMILES string of the molecule is CCc1ncc(-c2ccc(Br)cc2)c(C)n1. The maximum absolute atomic E-state index is 4.47. The van der Waals surface area contributed by atoms with Gasteiger partial charge < -0.3 is 0 Å². The van der Waals surface area contributed by atoms with E-state index in [1.807, 2.05) is 25.3 Å². The second kappa shape index (κ2) is 4.74. The molecule has 0 fully saturated rings. The molecule has 0 saturated heterocycles. The van der Waals surface area contributed by atoms with E-state index in [1.165, 1.54) is 0 Å². The van der Waals surface area contributed by atoms with Gasteiger partial charge in [-0.25, -0.2) is 9.97 Å². The van der Waals surface area contributed by atoms with Crippen molar-refractivity contribution in [3.8, 4) is 11.1 Å². The van der Waals surface area contributed by atoms with E-state index in [-0.39, 0.29) is 0 Å². The molecule has 0 unspecified atom stereocenters. The van der Waals surface area contributed by atoms with Gasteiger partial charge in [-0.15, -0.1) is 0 Å². The average molecular weight is 277 g/mol. The van der Waals surface area contributed by atoms with Crippen LogP contribution in [0.4, 0.5) is 0 Å². The minimum atomic E-state index is 0.876. The molecule has 3 heteroatoms. The van der Waals surface area contributed by atoms with E-state index in [0.717, 1.165) is 33.5 Å². The highest BCUT2D eigenvalue weighted by Crippen LogP contribution is 2.23. The van der Waals surface area contributed by atoms with Crippen molar-refractivity contribution < 1.29 is 0 Å². The summed E-state index contributed by atoms with van der Waals surface area (Å²) in [4.78, 5) is 8.80. The summed E-state index contributed by atoms with van der Waals surface area (Å²) in [6.07, 6.45) is 2.78. The summed E-state index contributed by atoms with van der Waals surface area (Å²) in [5.74, 6) is 0.901. The van der Waals surface area contributed by atoms with E-state index in [1.54, 1.807) is 0 Å². The zero-order chi connectivity index (χ0) is 11.5. The smallest absolute Gasteiger partial charge is 0.128 e. The first-order valence-corrected chi connectivity index (χ1v) is 6.08. The topological polar surface area (TPSA) is 25.8 Å². The first kappa shape index (κ1) is 11.3. The largest absolute Gasteiger partial charge is 0.241 e. The monoisotopic (exact) mass is 276 g/mol. The van der Waals surface area contributed by atoms with E-state index in [0.29, 0.717) is 0 Å². The van der Waals surface area contributed by atoms with E-state index >= 15 is 0 Å². The number of hydrogen-bond acceptors (Lipinski definition) is 2. The summed E-state index contributed by atoms with van der Waals surface area (Å²) in [6, 6.07) is 8.20. The van der Waals surface area contributed by atoms with Crippen molar-refractivity contribution in [2.45, 2.75) is 20.3 Å². The molecule has 1 heterocycles. The van der Waals surface area contributed by atoms with Crippen LogP contribution in [-0.4, -0.2) is 9.97 Å². The fourth-order valence-corrected chi connectivity index (χ4v) is 1.86. The molecule has 0 aliphatic heterocycles. The molecule has 1 aromatic carbocycles. The first-order chi connectivity index (χ1) is 7.70. The molecule has 82 valence electrons. The highest BCUT2D eigenvalue weighted by Gasteiger charge is 2.04. The van der Waals surface area contributed by atoms with E-state index in [2.05, 4.69) is 45.0 Å². The Kier molecular flexibility index (Phi) is 3.34. The molecule has 0 atom stereocenters. The van der Waals surface area contributed by atoms with Crippen LogP contribution in [0.1, 0.15) is 18.4 Å². The molecule has 16 heavy (non-hydrogen) atoms. The highest BCUT2D eigenvalue weighted by molar-refractivity contribution is 9.10. The lowest BCUT2D eigenvalue weighted by Crippen LogP contribution is -1.97. The van der Waals surface area contributed by atoms with Crippen molar-refractivity contribution in [1.82, 2.24) is 9.97 Å². The van der Waals surface area contributed by atoms with Crippen LogP contribution in [0.5, 0.6) is 0 Å². The Morgan fingerprint density at radius 3 is 2.44 bits per heavy atom. The van der Waals surface area contributed by atoms with Gasteiger partial charge in [0.25, 0.3) is 0 Å². The van der Waals surface area contributed by atoms with Gasteiger partial charge in [0.1, 0.15) is 5.82 Å². The van der Waals surface area contributed by atoms with Crippen LogP contribution < -0.4 is 0 Å². The van der Waals surface area contributed by atoms with Crippen LogP contribution in [0.2, 0.25) is 0 Å². The van der Waals surface area contributed by atoms with Crippen LogP contribution >= 0.6 is 15.9 Å². The molecule has 0 aliphatic rings. The Bertz CT molecular complexity index is 492. The van der Waals surface area contributed by atoms with Crippen molar-refractivity contribution in [3.05, 3.63) is 46.5 Å². The van der Waals surface area contributed by atoms with Crippen LogP contribution in [0.25, 0.3) is 11.1 Å². The number of hydrogen-bond donors (Lipinski definition) is 0. The second-order valence-electron chi connectivity index (χ2n) is 3.65. The standard InChI is InChI=1S/C13H13BrN2/c1-3-13-15-8-12(9(2)16-13)10-4-6-11(14)7-5-10/h4-8H,3H2,1-2H3. The third-order valence-corrected chi connectivity index (χ3v) is 3.03. The average Bonchev–Trinajstić information content (AvgIpc) is 2.30. The van der Waals surface area contributed by atoms with E-state index < -0.39 is 0 Å². The zero-order valence-corrected chi connectivity index (χ0v) is 11.0. The number of aromatic nitrogens is 2. The molecule has 0 N–H and O–H groups in total. The Morgan fingerprint density at radius 2 is 1.88 bits per heavy atom. The van der Waals surface area contributed by atoms with Crippen molar-refractivity contribution in [1.29, 1.82) is 0 Å². The summed E-state index contributed by atoms with van der Waals surface area (Å²) in [5.41, 5.74) is 3.29. The molecular formula is C13H13BrN2. The number of rotatable bonds is 2. The molecule has 0 saturated carbocycles. The maximum atomic E-state index is 4.47. The molecule has 0 radical (unpaired) electrons. The Hall–Kier alpha value is -1.22. The van der Waals surface area contributed by atoms with Gasteiger partial charge in [-0.1, -0.05) is 35.0 Å². The summed E-state index contributed by atoms with van der Waals surface area (Å²) < 4.78 is 1.08. The van der Waals surface area contributed by atoms with Crippen LogP contribution in [0, 0.1) is 6.92 Å². The summed E-state index contributed by atoms with van der Waals surface area (Å²) in [5, 5.41) is 0. The molecular weight excluding hydrogens is 264 g/mol. The molecule has 2 aromatic rings. The van der Waals surface area contributed by atoms with Gasteiger partial charge in [0.15, 0.2) is 0 Å². The molecule has 2 rings (SSSR count). The summed E-state index contributed by atoms with van der Waals surface area (Å²) in [6.45, 7) is 4.09. The Labute approximate surface area is 104 Å². The Morgan fingerprint density at radius 1 is 1.19 bits per heavy atom. The predicted molar refractivity (Wildman–Crippen MR) is 69.3 cm³/mol. The summed E-state index contributed by atoms with van der Waals surface area (Å²) >= 11 is 3.43. The van der Waals surface area contributed by atoms with Gasteiger partial charge in [-0.05, 0) is 24.6 Å². The molecule has 0 spiro atoms. The number of aryl methyl sites for hydroxylation is 2. The predicted octanol–water partition coefficient (Wildman–Crippen LogP) is 3.78. The van der Waals surface area contributed by atoms with Crippen molar-refractivity contribution in [2.75, 3.05) is 0 Å². The molecule has 2 nitrogen and oxygen atoms in total. The summed E-state index contributed by atoms with van der Waals surface area (Å²) in [7, 11) is 0. The van der Waals surface area contributed by atoms with Gasteiger partial charge in [0.2, 0.25) is 0 Å². The molecule has 1 aromatic heterocycles. The number of benzene rings is 1. The van der Waals surface area contributed by atoms with E-state index in [4.69, 9.17) is 0 Å². The van der Waals surface area contributed by atoms with Crippen LogP contribution in [-0.2, 0) is 6.42 Å². The number of halogens is 1. The lowest BCUT2D eigenvalue weighted by Gasteiger charge is -2.06. The third-order valence-electron chi connectivity index (χ3n) is 2.50. The van der Waals surface area contributed by atoms with Crippen LogP contribution in [0.3, 0.4) is 0 Å². The quantitative estimate of drug-likeness (QED) is 0.834. The van der Waals surface area contributed by atoms with Crippen LogP contribution in [0.15, 0.2) is 34.9 Å². The first-order valence-electron chi connectivity index (χ1n) is 5.29. The van der Waals surface area contributed by atoms with Crippen molar-refractivity contribution in [2.24, 2.45) is 0 Å². The third kappa shape index (κ3) is 2.30. The van der Waals surface area contributed by atoms with Gasteiger partial charge in [0, 0.05) is 28.3 Å². The minimum Gasteiger partial charge on any atom is -0.241 e. The zero-order valence-electron chi connectivity index (χ0n) is 9.37. The fourth-order valence-electron chi connectivity index (χ4n) is 1.60. The van der Waals surface area contributed by atoms with E-state index in [9.17, 15) is 0 Å². The van der Waals surface area contributed by atoms with Gasteiger partial charge in [-0.3, -0.25) is 0 Å². The van der Waals surface area contributed by atoms with Gasteiger partial charge >= 0.3 is 0 Å². The molecule has 0 aliphatic carbocycles. The lowest BCUT2D eigenvalue weighted by molar-refractivity contribution is 0.920.